The Bertz CT molecular complexity index is 564. The van der Waals surface area contributed by atoms with Crippen LogP contribution in [0.3, 0.4) is 0 Å². The van der Waals surface area contributed by atoms with Crippen molar-refractivity contribution in [2.45, 2.75) is 6.92 Å². The maximum Gasteiger partial charge on any atom is 0.186 e. The van der Waals surface area contributed by atoms with Gasteiger partial charge in [-0.3, -0.25) is 0 Å². The molecule has 0 radical (unpaired) electrons. The molecule has 3 nitrogen and oxygen atoms in total. The first-order chi connectivity index (χ1) is 8.00. The summed E-state index contributed by atoms with van der Waals surface area (Å²) in [5, 5.41) is -0.0494. The maximum absolute atomic E-state index is 13.7. The van der Waals surface area contributed by atoms with Gasteiger partial charge in [-0.05, 0) is 19.1 Å². The normalized spacial score (nSPS) is 10.6. The van der Waals surface area contributed by atoms with E-state index >= 15 is 0 Å². The van der Waals surface area contributed by atoms with E-state index in [0.717, 1.165) is 0 Å². The standard InChI is InChI=1S/C11H8ClF2N3/c1-5-8(13)10(15)17-11(16-5)6-3-2-4-7(12)9(6)14/h2-4H,1H3,(H2,15,16,17). The lowest BCUT2D eigenvalue weighted by atomic mass is 10.2. The molecule has 0 saturated heterocycles. The van der Waals surface area contributed by atoms with Gasteiger partial charge in [0.25, 0.3) is 0 Å². The van der Waals surface area contributed by atoms with Gasteiger partial charge >= 0.3 is 0 Å². The fraction of sp³-hybridized carbons (Fsp3) is 0.0909. The molecule has 17 heavy (non-hydrogen) atoms. The fourth-order valence-electron chi connectivity index (χ4n) is 1.38. The van der Waals surface area contributed by atoms with Gasteiger partial charge in [0, 0.05) is 0 Å². The van der Waals surface area contributed by atoms with E-state index in [4.69, 9.17) is 17.3 Å². The van der Waals surface area contributed by atoms with Crippen molar-refractivity contribution < 1.29 is 8.78 Å². The molecule has 6 heteroatoms. The molecule has 1 aromatic carbocycles. The van der Waals surface area contributed by atoms with Crippen LogP contribution in [0.2, 0.25) is 5.02 Å². The fourth-order valence-corrected chi connectivity index (χ4v) is 1.55. The number of rotatable bonds is 1. The number of hydrogen-bond donors (Lipinski definition) is 1. The molecule has 0 fully saturated rings. The van der Waals surface area contributed by atoms with Gasteiger partial charge in [-0.25, -0.2) is 18.7 Å². The van der Waals surface area contributed by atoms with Gasteiger partial charge in [0.05, 0.1) is 16.3 Å². The van der Waals surface area contributed by atoms with Crippen molar-refractivity contribution in [1.82, 2.24) is 9.97 Å². The van der Waals surface area contributed by atoms with Gasteiger partial charge in [-0.15, -0.1) is 0 Å². The molecule has 0 aliphatic heterocycles. The summed E-state index contributed by atoms with van der Waals surface area (Å²) in [7, 11) is 0. The highest BCUT2D eigenvalue weighted by atomic mass is 35.5. The lowest BCUT2D eigenvalue weighted by molar-refractivity contribution is 0.606. The summed E-state index contributed by atoms with van der Waals surface area (Å²) in [6.45, 7) is 1.43. The van der Waals surface area contributed by atoms with E-state index in [1.807, 2.05) is 0 Å². The van der Waals surface area contributed by atoms with E-state index < -0.39 is 11.6 Å². The first kappa shape index (κ1) is 11.7. The molecular formula is C11H8ClF2N3. The average Bonchev–Trinajstić information content (AvgIpc) is 2.29. The van der Waals surface area contributed by atoms with Crippen molar-refractivity contribution in [1.29, 1.82) is 0 Å². The Labute approximate surface area is 101 Å². The molecule has 0 amide bonds. The molecule has 88 valence electrons. The molecule has 0 atom stereocenters. The number of nitrogens with zero attached hydrogens (tertiary/aromatic N) is 2. The monoisotopic (exact) mass is 255 g/mol. The van der Waals surface area contributed by atoms with E-state index in [-0.39, 0.29) is 27.9 Å². The summed E-state index contributed by atoms with van der Waals surface area (Å²) < 4.78 is 26.9. The first-order valence-corrected chi connectivity index (χ1v) is 5.12. The van der Waals surface area contributed by atoms with Crippen LogP contribution in [0.4, 0.5) is 14.6 Å². The molecule has 0 unspecified atom stereocenters. The largest absolute Gasteiger partial charge is 0.381 e. The van der Waals surface area contributed by atoms with Crippen LogP contribution >= 0.6 is 11.6 Å². The molecular weight excluding hydrogens is 248 g/mol. The van der Waals surface area contributed by atoms with Crippen molar-refractivity contribution in [3.05, 3.63) is 40.6 Å². The van der Waals surface area contributed by atoms with E-state index in [1.54, 1.807) is 6.07 Å². The lowest BCUT2D eigenvalue weighted by Crippen LogP contribution is -2.03. The van der Waals surface area contributed by atoms with Crippen LogP contribution in [0.25, 0.3) is 11.4 Å². The number of anilines is 1. The quantitative estimate of drug-likeness (QED) is 0.852. The molecule has 2 rings (SSSR count). The molecule has 0 spiro atoms. The van der Waals surface area contributed by atoms with Gasteiger partial charge in [-0.1, -0.05) is 17.7 Å². The molecule has 0 bridgehead atoms. The van der Waals surface area contributed by atoms with Crippen LogP contribution in [0.15, 0.2) is 18.2 Å². The van der Waals surface area contributed by atoms with Crippen molar-refractivity contribution in [2.75, 3.05) is 5.73 Å². The number of aryl methyl sites for hydroxylation is 1. The van der Waals surface area contributed by atoms with Gasteiger partial charge in [0.1, 0.15) is 0 Å². The Balaban J connectivity index is 2.65. The van der Waals surface area contributed by atoms with Gasteiger partial charge < -0.3 is 5.73 Å². The minimum Gasteiger partial charge on any atom is -0.381 e. The Morgan fingerprint density at radius 1 is 1.18 bits per heavy atom. The van der Waals surface area contributed by atoms with Crippen molar-refractivity contribution in [3.8, 4) is 11.4 Å². The molecule has 0 saturated carbocycles. The second kappa shape index (κ2) is 4.25. The smallest absolute Gasteiger partial charge is 0.186 e. The predicted molar refractivity (Wildman–Crippen MR) is 61.5 cm³/mol. The van der Waals surface area contributed by atoms with Crippen molar-refractivity contribution in [2.24, 2.45) is 0 Å². The summed E-state index contributed by atoms with van der Waals surface area (Å²) in [5.41, 5.74) is 5.52. The highest BCUT2D eigenvalue weighted by Crippen LogP contribution is 2.26. The van der Waals surface area contributed by atoms with Crippen molar-refractivity contribution in [3.63, 3.8) is 0 Å². The summed E-state index contributed by atoms with van der Waals surface area (Å²) in [4.78, 5) is 7.54. The Hall–Kier alpha value is -1.75. The van der Waals surface area contributed by atoms with Crippen molar-refractivity contribution >= 4 is 17.4 Å². The zero-order valence-electron chi connectivity index (χ0n) is 8.84. The molecule has 2 N–H and O–H groups in total. The van der Waals surface area contributed by atoms with Crippen LogP contribution in [0.5, 0.6) is 0 Å². The summed E-state index contributed by atoms with van der Waals surface area (Å²) in [5.74, 6) is -1.65. The minimum absolute atomic E-state index is 0.0152. The summed E-state index contributed by atoms with van der Waals surface area (Å²) in [6.07, 6.45) is 0. The molecule has 1 heterocycles. The van der Waals surface area contributed by atoms with E-state index in [2.05, 4.69) is 9.97 Å². The topological polar surface area (TPSA) is 51.8 Å². The van der Waals surface area contributed by atoms with Gasteiger partial charge in [0.15, 0.2) is 23.3 Å². The lowest BCUT2D eigenvalue weighted by Gasteiger charge is -2.06. The third-order valence-electron chi connectivity index (χ3n) is 2.23. The second-order valence-electron chi connectivity index (χ2n) is 3.43. The first-order valence-electron chi connectivity index (χ1n) is 4.74. The number of halogens is 3. The van der Waals surface area contributed by atoms with Gasteiger partial charge in [-0.2, -0.15) is 0 Å². The van der Waals surface area contributed by atoms with E-state index in [0.29, 0.717) is 0 Å². The second-order valence-corrected chi connectivity index (χ2v) is 3.84. The predicted octanol–water partition coefficient (Wildman–Crippen LogP) is 2.97. The van der Waals surface area contributed by atoms with Crippen LogP contribution in [-0.2, 0) is 0 Å². The molecule has 0 aliphatic rings. The Morgan fingerprint density at radius 2 is 1.88 bits per heavy atom. The Morgan fingerprint density at radius 3 is 2.53 bits per heavy atom. The third kappa shape index (κ3) is 2.06. The average molecular weight is 256 g/mol. The molecule has 2 aromatic rings. The highest BCUT2D eigenvalue weighted by Gasteiger charge is 2.14. The SMILES string of the molecule is Cc1nc(-c2cccc(Cl)c2F)nc(N)c1F. The summed E-state index contributed by atoms with van der Waals surface area (Å²) >= 11 is 5.64. The number of aromatic nitrogens is 2. The highest BCUT2D eigenvalue weighted by molar-refractivity contribution is 6.31. The zero-order valence-corrected chi connectivity index (χ0v) is 9.59. The van der Waals surface area contributed by atoms with E-state index in [1.165, 1.54) is 19.1 Å². The third-order valence-corrected chi connectivity index (χ3v) is 2.53. The number of nitrogens with two attached hydrogens (primary N) is 1. The zero-order chi connectivity index (χ0) is 12.6. The van der Waals surface area contributed by atoms with Crippen LogP contribution in [0.1, 0.15) is 5.69 Å². The molecule has 0 aliphatic carbocycles. The van der Waals surface area contributed by atoms with Gasteiger partial charge in [0.2, 0.25) is 0 Å². The number of hydrogen-bond acceptors (Lipinski definition) is 3. The van der Waals surface area contributed by atoms with Crippen LogP contribution in [-0.4, -0.2) is 9.97 Å². The molecule has 1 aromatic heterocycles. The van der Waals surface area contributed by atoms with Crippen LogP contribution < -0.4 is 5.73 Å². The Kier molecular flexibility index (Phi) is 2.93. The maximum atomic E-state index is 13.7. The minimum atomic E-state index is -0.698. The van der Waals surface area contributed by atoms with E-state index in [9.17, 15) is 8.78 Å². The number of nitrogen functional groups attached to an aromatic ring is 1. The number of benzene rings is 1. The summed E-state index contributed by atoms with van der Waals surface area (Å²) in [6, 6.07) is 4.41. The van der Waals surface area contributed by atoms with Crippen LogP contribution in [0, 0.1) is 18.6 Å².